The van der Waals surface area contributed by atoms with Crippen LogP contribution in [0, 0.1) is 11.3 Å². The van der Waals surface area contributed by atoms with Gasteiger partial charge in [-0.25, -0.2) is 13.6 Å². The second kappa shape index (κ2) is 6.39. The minimum Gasteiger partial charge on any atom is -0.322 e. The van der Waals surface area contributed by atoms with E-state index in [0.717, 1.165) is 0 Å². The predicted molar refractivity (Wildman–Crippen MR) is 82.4 cm³/mol. The van der Waals surface area contributed by atoms with Crippen LogP contribution in [-0.4, -0.2) is 14.3 Å². The van der Waals surface area contributed by atoms with Gasteiger partial charge >= 0.3 is 0 Å². The van der Waals surface area contributed by atoms with Crippen LogP contribution in [0.15, 0.2) is 48.5 Å². The van der Waals surface area contributed by atoms with Gasteiger partial charge in [0.05, 0.1) is 17.4 Å². The summed E-state index contributed by atoms with van der Waals surface area (Å²) in [4.78, 5) is 12.0. The fourth-order valence-electron chi connectivity index (χ4n) is 1.82. The normalized spacial score (nSPS) is 10.7. The molecule has 0 bridgehead atoms. The van der Waals surface area contributed by atoms with Crippen LogP contribution in [0.1, 0.15) is 21.5 Å². The molecule has 0 aliphatic heterocycles. The molecule has 2 aromatic carbocycles. The van der Waals surface area contributed by atoms with Gasteiger partial charge < -0.3 is 5.32 Å². The van der Waals surface area contributed by atoms with Crippen molar-refractivity contribution in [1.29, 1.82) is 5.26 Å². The van der Waals surface area contributed by atoms with Crippen LogP contribution in [0.4, 0.5) is 5.69 Å². The Balaban J connectivity index is 2.07. The second-order valence-electron chi connectivity index (χ2n) is 4.65. The number of amides is 1. The van der Waals surface area contributed by atoms with Gasteiger partial charge in [-0.2, -0.15) is 5.26 Å². The average Bonchev–Trinajstić information content (AvgIpc) is 2.48. The number of carbonyl (C=O) groups excluding carboxylic acids is 1. The lowest BCUT2D eigenvalue weighted by Crippen LogP contribution is -2.15. The molecule has 0 aromatic heterocycles. The maximum atomic E-state index is 12.0. The first kappa shape index (κ1) is 15.7. The number of nitriles is 1. The highest BCUT2D eigenvalue weighted by atomic mass is 32.2. The van der Waals surface area contributed by atoms with E-state index in [1.54, 1.807) is 48.5 Å². The number of sulfonamides is 1. The van der Waals surface area contributed by atoms with E-state index in [0.29, 0.717) is 22.4 Å². The lowest BCUT2D eigenvalue weighted by molar-refractivity contribution is 0.102. The Labute approximate surface area is 128 Å². The molecule has 0 aliphatic carbocycles. The number of nitrogens with two attached hydrogens (primary N) is 1. The molecule has 3 N–H and O–H groups in total. The summed E-state index contributed by atoms with van der Waals surface area (Å²) >= 11 is 0. The molecule has 0 heterocycles. The zero-order chi connectivity index (χ0) is 16.2. The Bertz CT molecular complexity index is 820. The van der Waals surface area contributed by atoms with Gasteiger partial charge in [-0.1, -0.05) is 12.1 Å². The number of primary sulfonamides is 1. The first-order valence-corrected chi connectivity index (χ1v) is 8.00. The third kappa shape index (κ3) is 4.41. The minimum atomic E-state index is -3.58. The molecule has 6 nitrogen and oxygen atoms in total. The van der Waals surface area contributed by atoms with Gasteiger partial charge in [0.15, 0.2) is 0 Å². The first-order valence-electron chi connectivity index (χ1n) is 6.28. The summed E-state index contributed by atoms with van der Waals surface area (Å²) in [6.45, 7) is 0. The van der Waals surface area contributed by atoms with E-state index in [2.05, 4.69) is 5.32 Å². The van der Waals surface area contributed by atoms with Crippen molar-refractivity contribution >= 4 is 21.6 Å². The molecule has 0 radical (unpaired) electrons. The second-order valence-corrected chi connectivity index (χ2v) is 6.26. The Kier molecular flexibility index (Phi) is 4.56. The smallest absolute Gasteiger partial charge is 0.255 e. The largest absolute Gasteiger partial charge is 0.322 e. The standard InChI is InChI=1S/C15H13N3O3S/c16-9-11-1-5-13(6-2-11)15(19)18-14-7-3-12(4-8-14)10-22(17,20)21/h1-8H,10H2,(H,18,19)(H2,17,20,21). The summed E-state index contributed by atoms with van der Waals surface area (Å²) in [5, 5.41) is 16.4. The molecule has 2 aromatic rings. The van der Waals surface area contributed by atoms with Crippen LogP contribution in [-0.2, 0) is 15.8 Å². The molecule has 0 saturated heterocycles. The molecule has 112 valence electrons. The van der Waals surface area contributed by atoms with Crippen LogP contribution < -0.4 is 10.5 Å². The number of nitrogens with one attached hydrogen (secondary N) is 1. The van der Waals surface area contributed by atoms with E-state index in [-0.39, 0.29) is 11.7 Å². The Morgan fingerprint density at radius 3 is 2.18 bits per heavy atom. The highest BCUT2D eigenvalue weighted by Crippen LogP contribution is 2.13. The molecule has 0 atom stereocenters. The molecule has 2 rings (SSSR count). The fourth-order valence-corrected chi connectivity index (χ4v) is 2.47. The molecule has 0 spiro atoms. The van der Waals surface area contributed by atoms with Gasteiger partial charge in [-0.3, -0.25) is 4.79 Å². The van der Waals surface area contributed by atoms with Gasteiger partial charge in [0.25, 0.3) is 5.91 Å². The number of hydrogen-bond acceptors (Lipinski definition) is 4. The number of hydrogen-bond donors (Lipinski definition) is 2. The van der Waals surface area contributed by atoms with Crippen molar-refractivity contribution in [2.75, 3.05) is 5.32 Å². The van der Waals surface area contributed by atoms with Crippen LogP contribution in [0.5, 0.6) is 0 Å². The molecule has 22 heavy (non-hydrogen) atoms. The van der Waals surface area contributed by atoms with Crippen molar-refractivity contribution in [2.45, 2.75) is 5.75 Å². The minimum absolute atomic E-state index is 0.253. The number of nitrogens with zero attached hydrogens (tertiary/aromatic N) is 1. The maximum Gasteiger partial charge on any atom is 0.255 e. The van der Waals surface area contributed by atoms with Crippen molar-refractivity contribution < 1.29 is 13.2 Å². The number of rotatable bonds is 4. The Hall–Kier alpha value is -2.69. The SMILES string of the molecule is N#Cc1ccc(C(=O)Nc2ccc(CS(N)(=O)=O)cc2)cc1. The number of carbonyl (C=O) groups is 1. The molecular weight excluding hydrogens is 302 g/mol. The zero-order valence-electron chi connectivity index (χ0n) is 11.5. The lowest BCUT2D eigenvalue weighted by atomic mass is 10.1. The van der Waals surface area contributed by atoms with Gasteiger partial charge in [-0.15, -0.1) is 0 Å². The molecule has 0 fully saturated rings. The van der Waals surface area contributed by atoms with Crippen molar-refractivity contribution in [2.24, 2.45) is 5.14 Å². The summed E-state index contributed by atoms with van der Waals surface area (Å²) in [5.74, 6) is -0.569. The summed E-state index contributed by atoms with van der Waals surface area (Å²) in [5.41, 5.74) is 1.97. The van der Waals surface area contributed by atoms with Gasteiger partial charge in [0, 0.05) is 11.3 Å². The molecule has 0 saturated carbocycles. The molecule has 1 amide bonds. The van der Waals surface area contributed by atoms with Crippen molar-refractivity contribution in [3.63, 3.8) is 0 Å². The average molecular weight is 315 g/mol. The van der Waals surface area contributed by atoms with E-state index >= 15 is 0 Å². The van der Waals surface area contributed by atoms with Crippen molar-refractivity contribution in [3.8, 4) is 6.07 Å². The Morgan fingerprint density at radius 1 is 1.09 bits per heavy atom. The summed E-state index contributed by atoms with van der Waals surface area (Å²) in [7, 11) is -3.58. The summed E-state index contributed by atoms with van der Waals surface area (Å²) < 4.78 is 22.0. The maximum absolute atomic E-state index is 12.0. The van der Waals surface area contributed by atoms with Gasteiger partial charge in [-0.05, 0) is 42.0 Å². The monoisotopic (exact) mass is 315 g/mol. The number of benzene rings is 2. The van der Waals surface area contributed by atoms with Crippen LogP contribution in [0.2, 0.25) is 0 Å². The third-order valence-corrected chi connectivity index (χ3v) is 3.59. The van der Waals surface area contributed by atoms with Crippen LogP contribution >= 0.6 is 0 Å². The van der Waals surface area contributed by atoms with E-state index < -0.39 is 10.0 Å². The van der Waals surface area contributed by atoms with Crippen molar-refractivity contribution in [3.05, 3.63) is 65.2 Å². The Morgan fingerprint density at radius 2 is 1.68 bits per heavy atom. The van der Waals surface area contributed by atoms with Gasteiger partial charge in [0.1, 0.15) is 0 Å². The van der Waals surface area contributed by atoms with E-state index in [9.17, 15) is 13.2 Å². The van der Waals surface area contributed by atoms with Crippen molar-refractivity contribution in [1.82, 2.24) is 0 Å². The molecule has 0 unspecified atom stereocenters. The quantitative estimate of drug-likeness (QED) is 0.892. The van der Waals surface area contributed by atoms with E-state index in [4.69, 9.17) is 10.4 Å². The van der Waals surface area contributed by atoms with E-state index in [1.807, 2.05) is 6.07 Å². The summed E-state index contributed by atoms with van der Waals surface area (Å²) in [6, 6.07) is 14.6. The lowest BCUT2D eigenvalue weighted by Gasteiger charge is -2.06. The predicted octanol–water partition coefficient (Wildman–Crippen LogP) is 1.60. The molecular formula is C15H13N3O3S. The third-order valence-electron chi connectivity index (χ3n) is 2.86. The number of anilines is 1. The van der Waals surface area contributed by atoms with Gasteiger partial charge in [0.2, 0.25) is 10.0 Å². The highest BCUT2D eigenvalue weighted by Gasteiger charge is 2.08. The highest BCUT2D eigenvalue weighted by molar-refractivity contribution is 7.88. The topological polar surface area (TPSA) is 113 Å². The molecule has 7 heteroatoms. The fraction of sp³-hybridized carbons (Fsp3) is 0.0667. The summed E-state index contributed by atoms with van der Waals surface area (Å²) in [6.07, 6.45) is 0. The zero-order valence-corrected chi connectivity index (χ0v) is 12.3. The molecule has 0 aliphatic rings. The van der Waals surface area contributed by atoms with E-state index in [1.165, 1.54) is 0 Å². The van der Waals surface area contributed by atoms with Crippen LogP contribution in [0.3, 0.4) is 0 Å². The van der Waals surface area contributed by atoms with Crippen LogP contribution in [0.25, 0.3) is 0 Å². The first-order chi connectivity index (χ1) is 10.4.